The number of nitrogens with one attached hydrogen (secondary N) is 1. The molecule has 0 saturated carbocycles. The Morgan fingerprint density at radius 1 is 1.10 bits per heavy atom. The molecule has 9 heteroatoms. The molecule has 1 aromatic heterocycles. The van der Waals surface area contributed by atoms with Gasteiger partial charge in [-0.15, -0.1) is 10.2 Å². The summed E-state index contributed by atoms with van der Waals surface area (Å²) in [5.74, 6) is -1.25. The number of hydrogen-bond donors (Lipinski definition) is 1. The SMILES string of the molecule is CN(C(=O)Nc1ccc(-c2cc(F)cc(F)c2)cc1)C1CCN(c2nncs2)CC1. The Labute approximate surface area is 177 Å². The highest BCUT2D eigenvalue weighted by atomic mass is 32.1. The van der Waals surface area contributed by atoms with Crippen molar-refractivity contribution in [2.24, 2.45) is 0 Å². The number of amides is 2. The van der Waals surface area contributed by atoms with E-state index in [1.165, 1.54) is 23.5 Å². The van der Waals surface area contributed by atoms with Crippen LogP contribution in [0.15, 0.2) is 48.0 Å². The first-order valence-electron chi connectivity index (χ1n) is 9.61. The Kier molecular flexibility index (Phi) is 5.89. The Hall–Kier alpha value is -3.07. The van der Waals surface area contributed by atoms with Crippen molar-refractivity contribution in [3.05, 3.63) is 59.6 Å². The van der Waals surface area contributed by atoms with Crippen LogP contribution >= 0.6 is 11.3 Å². The van der Waals surface area contributed by atoms with Gasteiger partial charge >= 0.3 is 6.03 Å². The summed E-state index contributed by atoms with van der Waals surface area (Å²) in [7, 11) is 1.80. The molecular weight excluding hydrogens is 408 g/mol. The minimum atomic E-state index is -0.624. The minimum Gasteiger partial charge on any atom is -0.347 e. The lowest BCUT2D eigenvalue weighted by Crippen LogP contribution is -2.47. The van der Waals surface area contributed by atoms with E-state index in [1.807, 2.05) is 0 Å². The third-order valence-electron chi connectivity index (χ3n) is 5.28. The molecule has 0 spiro atoms. The quantitative estimate of drug-likeness (QED) is 0.658. The maximum Gasteiger partial charge on any atom is 0.321 e. The van der Waals surface area contributed by atoms with Crippen molar-refractivity contribution < 1.29 is 13.6 Å². The monoisotopic (exact) mass is 429 g/mol. The van der Waals surface area contributed by atoms with Crippen LogP contribution in [-0.4, -0.2) is 47.3 Å². The van der Waals surface area contributed by atoms with Crippen LogP contribution in [-0.2, 0) is 0 Å². The number of halogens is 2. The predicted molar refractivity (Wildman–Crippen MR) is 114 cm³/mol. The van der Waals surface area contributed by atoms with Gasteiger partial charge in [-0.3, -0.25) is 0 Å². The number of carbonyl (C=O) groups excluding carboxylic acids is 1. The van der Waals surface area contributed by atoms with E-state index < -0.39 is 11.6 Å². The molecule has 1 aliphatic rings. The van der Waals surface area contributed by atoms with E-state index in [-0.39, 0.29) is 12.1 Å². The average molecular weight is 429 g/mol. The van der Waals surface area contributed by atoms with Crippen molar-refractivity contribution in [2.75, 3.05) is 30.4 Å². The van der Waals surface area contributed by atoms with Crippen molar-refractivity contribution in [1.82, 2.24) is 15.1 Å². The van der Waals surface area contributed by atoms with Crippen molar-refractivity contribution >= 4 is 28.2 Å². The van der Waals surface area contributed by atoms with Crippen LogP contribution in [0.3, 0.4) is 0 Å². The molecule has 1 aliphatic heterocycles. The minimum absolute atomic E-state index is 0.142. The molecule has 0 bridgehead atoms. The van der Waals surface area contributed by atoms with Gasteiger partial charge in [-0.05, 0) is 48.2 Å². The lowest BCUT2D eigenvalue weighted by Gasteiger charge is -2.36. The van der Waals surface area contributed by atoms with Gasteiger partial charge in [0.1, 0.15) is 17.1 Å². The molecule has 4 rings (SSSR count). The first-order valence-corrected chi connectivity index (χ1v) is 10.5. The summed E-state index contributed by atoms with van der Waals surface area (Å²) < 4.78 is 26.8. The van der Waals surface area contributed by atoms with E-state index in [9.17, 15) is 13.6 Å². The number of nitrogens with zero attached hydrogens (tertiary/aromatic N) is 4. The zero-order valence-electron chi connectivity index (χ0n) is 16.4. The molecule has 2 heterocycles. The number of benzene rings is 2. The molecule has 0 unspecified atom stereocenters. The maximum absolute atomic E-state index is 13.4. The molecule has 1 N–H and O–H groups in total. The van der Waals surface area contributed by atoms with Crippen LogP contribution in [0.25, 0.3) is 11.1 Å². The fourth-order valence-electron chi connectivity index (χ4n) is 3.59. The summed E-state index contributed by atoms with van der Waals surface area (Å²) in [5.41, 5.74) is 3.46. The molecule has 6 nitrogen and oxygen atoms in total. The van der Waals surface area contributed by atoms with Crippen LogP contribution in [0.4, 0.5) is 24.4 Å². The highest BCUT2D eigenvalue weighted by Crippen LogP contribution is 2.25. The van der Waals surface area contributed by atoms with E-state index >= 15 is 0 Å². The Morgan fingerprint density at radius 3 is 2.37 bits per heavy atom. The summed E-state index contributed by atoms with van der Waals surface area (Å²) in [5, 5.41) is 11.8. The molecule has 0 atom stereocenters. The number of urea groups is 1. The topological polar surface area (TPSA) is 61.4 Å². The number of hydrogen-bond acceptors (Lipinski definition) is 5. The fourth-order valence-corrected chi connectivity index (χ4v) is 4.21. The average Bonchev–Trinajstić information content (AvgIpc) is 3.28. The second-order valence-electron chi connectivity index (χ2n) is 7.22. The molecule has 3 aromatic rings. The van der Waals surface area contributed by atoms with E-state index in [0.29, 0.717) is 16.8 Å². The first-order chi connectivity index (χ1) is 14.5. The predicted octanol–water partition coefficient (Wildman–Crippen LogP) is 4.62. The number of rotatable bonds is 4. The van der Waals surface area contributed by atoms with Gasteiger partial charge in [0.2, 0.25) is 5.13 Å². The molecule has 2 aromatic carbocycles. The fraction of sp³-hybridized carbons (Fsp3) is 0.286. The van der Waals surface area contributed by atoms with Gasteiger partial charge in [-0.1, -0.05) is 23.5 Å². The third-order valence-corrected chi connectivity index (χ3v) is 6.03. The zero-order valence-corrected chi connectivity index (χ0v) is 17.2. The number of aromatic nitrogens is 2. The lowest BCUT2D eigenvalue weighted by molar-refractivity contribution is 0.193. The molecule has 1 fully saturated rings. The lowest BCUT2D eigenvalue weighted by atomic mass is 10.0. The smallest absolute Gasteiger partial charge is 0.321 e. The van der Waals surface area contributed by atoms with Crippen LogP contribution in [0.5, 0.6) is 0 Å². The van der Waals surface area contributed by atoms with E-state index in [2.05, 4.69) is 20.4 Å². The summed E-state index contributed by atoms with van der Waals surface area (Å²) >= 11 is 1.52. The molecule has 1 saturated heterocycles. The Bertz CT molecular complexity index is 984. The van der Waals surface area contributed by atoms with Gasteiger partial charge < -0.3 is 15.1 Å². The van der Waals surface area contributed by atoms with Gasteiger partial charge in [-0.25, -0.2) is 13.6 Å². The van der Waals surface area contributed by atoms with Gasteiger partial charge in [0, 0.05) is 37.9 Å². The van der Waals surface area contributed by atoms with Gasteiger partial charge in [0.05, 0.1) is 0 Å². The molecule has 30 heavy (non-hydrogen) atoms. The molecule has 156 valence electrons. The zero-order chi connectivity index (χ0) is 21.1. The molecule has 0 aliphatic carbocycles. The van der Waals surface area contributed by atoms with Crippen molar-refractivity contribution in [2.45, 2.75) is 18.9 Å². The normalized spacial score (nSPS) is 14.6. The summed E-state index contributed by atoms with van der Waals surface area (Å²) in [4.78, 5) is 16.6. The van der Waals surface area contributed by atoms with Crippen molar-refractivity contribution in [1.29, 1.82) is 0 Å². The summed E-state index contributed by atoms with van der Waals surface area (Å²) in [6, 6.07) is 10.2. The van der Waals surface area contributed by atoms with Gasteiger partial charge in [-0.2, -0.15) is 0 Å². The number of anilines is 2. The molecule has 0 radical (unpaired) electrons. The number of piperidine rings is 1. The van der Waals surface area contributed by atoms with Crippen LogP contribution in [0.2, 0.25) is 0 Å². The second-order valence-corrected chi connectivity index (χ2v) is 8.03. The Balaban J connectivity index is 1.34. The van der Waals surface area contributed by atoms with E-state index in [4.69, 9.17) is 0 Å². The van der Waals surface area contributed by atoms with E-state index in [0.717, 1.165) is 37.1 Å². The Morgan fingerprint density at radius 2 is 1.77 bits per heavy atom. The van der Waals surface area contributed by atoms with Crippen LogP contribution < -0.4 is 10.2 Å². The summed E-state index contributed by atoms with van der Waals surface area (Å²) in [6.07, 6.45) is 1.71. The third kappa shape index (κ3) is 4.56. The van der Waals surface area contributed by atoms with Gasteiger partial charge in [0.15, 0.2) is 0 Å². The van der Waals surface area contributed by atoms with Gasteiger partial charge in [0.25, 0.3) is 0 Å². The van der Waals surface area contributed by atoms with Crippen LogP contribution in [0, 0.1) is 11.6 Å². The molecule has 2 amide bonds. The maximum atomic E-state index is 13.4. The largest absolute Gasteiger partial charge is 0.347 e. The highest BCUT2D eigenvalue weighted by molar-refractivity contribution is 7.13. The number of carbonyl (C=O) groups is 1. The summed E-state index contributed by atoms with van der Waals surface area (Å²) in [6.45, 7) is 1.66. The molecular formula is C21H21F2N5OS. The first kappa shape index (κ1) is 20.2. The van der Waals surface area contributed by atoms with Crippen molar-refractivity contribution in [3.8, 4) is 11.1 Å². The van der Waals surface area contributed by atoms with Crippen molar-refractivity contribution in [3.63, 3.8) is 0 Å². The van der Waals surface area contributed by atoms with E-state index in [1.54, 1.807) is 41.7 Å². The standard InChI is InChI=1S/C21H21F2N5OS/c1-27(19-6-8-28(9-7-19)21-26-24-13-30-21)20(29)25-18-4-2-14(3-5-18)15-10-16(22)12-17(23)11-15/h2-5,10-13,19H,6-9H2,1H3,(H,25,29). The highest BCUT2D eigenvalue weighted by Gasteiger charge is 2.26. The second kappa shape index (κ2) is 8.74. The van der Waals surface area contributed by atoms with Crippen LogP contribution in [0.1, 0.15) is 12.8 Å².